The molecule has 0 heterocycles. The fraction of sp³-hybridized carbons (Fsp3) is 0.857. The van der Waals surface area contributed by atoms with E-state index in [1.165, 1.54) is 51.2 Å². The lowest BCUT2D eigenvalue weighted by Gasteiger charge is -2.64. The molecule has 1 N–H and O–H groups in total. The lowest BCUT2D eigenvalue weighted by atomic mass is 9.41. The van der Waals surface area contributed by atoms with Crippen molar-refractivity contribution in [2.45, 2.75) is 72.6 Å². The number of methoxy groups -OCH3 is 1. The highest BCUT2D eigenvalue weighted by Crippen LogP contribution is 2.67. The summed E-state index contributed by atoms with van der Waals surface area (Å²) >= 11 is 0. The molecule has 0 saturated heterocycles. The highest BCUT2D eigenvalue weighted by Gasteiger charge is 2.59. The summed E-state index contributed by atoms with van der Waals surface area (Å²) in [5.41, 5.74) is 2.56. The van der Waals surface area contributed by atoms with Crippen molar-refractivity contribution in [2.24, 2.45) is 28.1 Å². The first-order chi connectivity index (χ1) is 11.2. The molecule has 24 heavy (non-hydrogen) atoms. The van der Waals surface area contributed by atoms with Gasteiger partial charge in [0.2, 0.25) is 0 Å². The zero-order chi connectivity index (χ0) is 17.6. The van der Waals surface area contributed by atoms with Crippen LogP contribution in [0.2, 0.25) is 0 Å². The minimum absolute atomic E-state index is 0.214. The summed E-state index contributed by atoms with van der Waals surface area (Å²) < 4.78 is 4.84. The number of carbonyl (C=O) groups excluding carboxylic acids is 1. The van der Waals surface area contributed by atoms with Crippen LogP contribution in [-0.2, 0) is 4.74 Å². The number of nitrogens with one attached hydrogen (secondary N) is 1. The number of allylic oxidation sites excluding steroid dienone is 2. The van der Waals surface area contributed by atoms with E-state index >= 15 is 0 Å². The van der Waals surface area contributed by atoms with E-state index in [9.17, 15) is 4.79 Å². The third-order valence-corrected chi connectivity index (χ3v) is 7.85. The monoisotopic (exact) mass is 333 g/mol. The molecular weight excluding hydrogens is 298 g/mol. The summed E-state index contributed by atoms with van der Waals surface area (Å²) in [7, 11) is 1.46. The van der Waals surface area contributed by atoms with E-state index < -0.39 is 0 Å². The molecule has 3 aliphatic rings. The average molecular weight is 334 g/mol. The van der Waals surface area contributed by atoms with E-state index in [1.54, 1.807) is 0 Å². The fourth-order valence-corrected chi connectivity index (χ4v) is 6.88. The largest absolute Gasteiger partial charge is 0.453 e. The van der Waals surface area contributed by atoms with Gasteiger partial charge in [0.05, 0.1) is 7.11 Å². The van der Waals surface area contributed by atoms with Gasteiger partial charge in [-0.2, -0.15) is 0 Å². The van der Waals surface area contributed by atoms with Gasteiger partial charge < -0.3 is 10.1 Å². The van der Waals surface area contributed by atoms with Crippen LogP contribution in [0.15, 0.2) is 11.6 Å². The maximum absolute atomic E-state index is 11.7. The van der Waals surface area contributed by atoms with Crippen molar-refractivity contribution in [1.82, 2.24) is 5.32 Å². The number of rotatable bonds is 2. The van der Waals surface area contributed by atoms with Crippen LogP contribution < -0.4 is 5.32 Å². The maximum Gasteiger partial charge on any atom is 0.406 e. The minimum Gasteiger partial charge on any atom is -0.453 e. The van der Waals surface area contributed by atoms with Crippen LogP contribution in [0.4, 0.5) is 4.79 Å². The molecule has 0 aliphatic heterocycles. The van der Waals surface area contributed by atoms with Crippen LogP contribution in [-0.4, -0.2) is 19.7 Å². The van der Waals surface area contributed by atoms with Crippen LogP contribution in [0.1, 0.15) is 72.6 Å². The van der Waals surface area contributed by atoms with Gasteiger partial charge in [-0.3, -0.25) is 0 Å². The first-order valence-electron chi connectivity index (χ1n) is 9.71. The molecule has 0 spiro atoms. The fourth-order valence-electron chi connectivity index (χ4n) is 6.88. The Morgan fingerprint density at radius 2 is 2.00 bits per heavy atom. The van der Waals surface area contributed by atoms with Gasteiger partial charge in [0.15, 0.2) is 0 Å². The van der Waals surface area contributed by atoms with Gasteiger partial charge in [-0.1, -0.05) is 38.8 Å². The second-order valence-electron chi connectivity index (χ2n) is 9.66. The van der Waals surface area contributed by atoms with Crippen molar-refractivity contribution < 1.29 is 9.53 Å². The Balaban J connectivity index is 1.93. The van der Waals surface area contributed by atoms with E-state index in [1.807, 2.05) is 0 Å². The molecule has 0 unspecified atom stereocenters. The van der Waals surface area contributed by atoms with Gasteiger partial charge in [-0.05, 0) is 73.5 Å². The van der Waals surface area contributed by atoms with Crippen molar-refractivity contribution in [3.63, 3.8) is 0 Å². The van der Waals surface area contributed by atoms with Crippen LogP contribution in [0.25, 0.3) is 0 Å². The van der Waals surface area contributed by atoms with Crippen molar-refractivity contribution in [3.05, 3.63) is 11.6 Å². The predicted octanol–water partition coefficient (Wildman–Crippen LogP) is 5.31. The highest BCUT2D eigenvalue weighted by atomic mass is 16.5. The third-order valence-electron chi connectivity index (χ3n) is 7.85. The molecule has 3 aliphatic carbocycles. The van der Waals surface area contributed by atoms with Crippen LogP contribution in [0.5, 0.6) is 0 Å². The predicted molar refractivity (Wildman–Crippen MR) is 97.8 cm³/mol. The van der Waals surface area contributed by atoms with E-state index in [-0.39, 0.29) is 11.5 Å². The lowest BCUT2D eigenvalue weighted by Crippen LogP contribution is -2.59. The lowest BCUT2D eigenvalue weighted by molar-refractivity contribution is -0.134. The van der Waals surface area contributed by atoms with Gasteiger partial charge in [0, 0.05) is 6.54 Å². The van der Waals surface area contributed by atoms with E-state index in [4.69, 9.17) is 4.74 Å². The SMILES string of the molecule is COC(=O)NC[C@]12CC[C@@H]3C(C)(C)CCC[C@@]3(C)[C@@H]1CC=C(C)C2. The number of hydrogen-bond donors (Lipinski definition) is 1. The second-order valence-corrected chi connectivity index (χ2v) is 9.66. The standard InChI is InChI=1S/C21H35NO2/c1-15-7-8-17-20(4)11-6-10-19(2,3)16(20)9-12-21(17,13-15)14-22-18(23)24-5/h7,16-17H,6,8-14H2,1-5H3,(H,22,23)/t16-,17+,20-,21-/m1/s1. The van der Waals surface area contributed by atoms with Gasteiger partial charge >= 0.3 is 6.09 Å². The van der Waals surface area contributed by atoms with Crippen molar-refractivity contribution in [3.8, 4) is 0 Å². The number of carbonyl (C=O) groups is 1. The van der Waals surface area contributed by atoms with Gasteiger partial charge in [0.1, 0.15) is 0 Å². The summed E-state index contributed by atoms with van der Waals surface area (Å²) in [6, 6.07) is 0. The van der Waals surface area contributed by atoms with Crippen molar-refractivity contribution in [2.75, 3.05) is 13.7 Å². The number of ether oxygens (including phenoxy) is 1. The Hall–Kier alpha value is -0.990. The maximum atomic E-state index is 11.7. The smallest absolute Gasteiger partial charge is 0.406 e. The quantitative estimate of drug-likeness (QED) is 0.695. The number of fused-ring (bicyclic) bond motifs is 3. The molecule has 136 valence electrons. The minimum atomic E-state index is -0.286. The van der Waals surface area contributed by atoms with E-state index in [0.29, 0.717) is 16.7 Å². The van der Waals surface area contributed by atoms with E-state index in [0.717, 1.165) is 18.9 Å². The summed E-state index contributed by atoms with van der Waals surface area (Å²) in [4.78, 5) is 11.7. The van der Waals surface area contributed by atoms with Crippen molar-refractivity contribution in [1.29, 1.82) is 0 Å². The Bertz CT molecular complexity index is 538. The van der Waals surface area contributed by atoms with Crippen molar-refractivity contribution >= 4 is 6.09 Å². The number of hydrogen-bond acceptors (Lipinski definition) is 2. The van der Waals surface area contributed by atoms with Crippen LogP contribution in [0, 0.1) is 28.1 Å². The molecule has 0 bridgehead atoms. The summed E-state index contributed by atoms with van der Waals surface area (Å²) in [6.07, 6.45) is 11.1. The average Bonchev–Trinajstić information content (AvgIpc) is 2.51. The molecule has 3 rings (SSSR count). The molecular formula is C21H35NO2. The first-order valence-corrected chi connectivity index (χ1v) is 9.71. The Morgan fingerprint density at radius 3 is 2.71 bits per heavy atom. The third kappa shape index (κ3) is 2.78. The normalized spacial score (nSPS) is 40.8. The summed E-state index contributed by atoms with van der Waals surface area (Å²) in [5, 5.41) is 3.06. The molecule has 0 aromatic carbocycles. The highest BCUT2D eigenvalue weighted by molar-refractivity contribution is 5.66. The summed E-state index contributed by atoms with van der Waals surface area (Å²) in [6.45, 7) is 10.6. The molecule has 3 heteroatoms. The zero-order valence-electron chi connectivity index (χ0n) is 16.2. The molecule has 3 nitrogen and oxygen atoms in total. The molecule has 2 saturated carbocycles. The van der Waals surface area contributed by atoms with Gasteiger partial charge in [-0.15, -0.1) is 0 Å². The zero-order valence-corrected chi connectivity index (χ0v) is 16.2. The Kier molecular flexibility index (Phi) is 4.51. The van der Waals surface area contributed by atoms with Crippen LogP contribution >= 0.6 is 0 Å². The topological polar surface area (TPSA) is 38.3 Å². The molecule has 0 aromatic heterocycles. The Labute approximate surface area is 147 Å². The number of alkyl carbamates (subject to hydrolysis) is 1. The van der Waals surface area contributed by atoms with Gasteiger partial charge in [-0.25, -0.2) is 4.79 Å². The molecule has 1 amide bonds. The number of amides is 1. The summed E-state index contributed by atoms with van der Waals surface area (Å²) in [5.74, 6) is 1.48. The van der Waals surface area contributed by atoms with Crippen LogP contribution in [0.3, 0.4) is 0 Å². The first kappa shape index (κ1) is 17.8. The van der Waals surface area contributed by atoms with E-state index in [2.05, 4.69) is 39.1 Å². The van der Waals surface area contributed by atoms with Gasteiger partial charge in [0.25, 0.3) is 0 Å². The molecule has 4 atom stereocenters. The molecule has 0 radical (unpaired) electrons. The Morgan fingerprint density at radius 1 is 1.25 bits per heavy atom. The molecule has 0 aromatic rings. The second kappa shape index (κ2) is 6.07. The molecule has 2 fully saturated rings.